The Bertz CT molecular complexity index is 961. The monoisotopic (exact) mass is 411 g/mol. The van der Waals surface area contributed by atoms with E-state index in [0.717, 1.165) is 5.65 Å². The van der Waals surface area contributed by atoms with Crippen LogP contribution < -0.4 is 14.3 Å². The molecule has 0 aliphatic carbocycles. The van der Waals surface area contributed by atoms with Crippen LogP contribution in [0.4, 0.5) is 8.78 Å². The standard InChI is InChI=1S/C15H14N3O3S.C2H2F2O2/c1-10-8-11(18-13(19)9-14(18)22-10)15(20)21-17-7-6-16-5-3-2-4-12(16)17;3-1(4)2(5)6/h2-8,10,14H,9H2,1H3;1H,(H,5,6)/q+1;/p-1/t10?,14-;/m1./s1. The van der Waals surface area contributed by atoms with E-state index >= 15 is 0 Å². The number of aromatic nitrogens is 2. The van der Waals surface area contributed by atoms with Gasteiger partial charge in [-0.05, 0) is 23.8 Å². The molecule has 1 fully saturated rings. The molecule has 4 rings (SSSR count). The van der Waals surface area contributed by atoms with Crippen molar-refractivity contribution in [1.82, 2.24) is 9.63 Å². The van der Waals surface area contributed by atoms with Crippen LogP contribution in [0, 0.1) is 0 Å². The molecule has 8 nitrogen and oxygen atoms in total. The van der Waals surface area contributed by atoms with Gasteiger partial charge in [-0.25, -0.2) is 13.6 Å². The molecule has 11 heteroatoms. The fourth-order valence-corrected chi connectivity index (χ4v) is 4.02. The number of carbonyl (C=O) groups excluding carboxylic acids is 3. The Hall–Kier alpha value is -2.95. The maximum Gasteiger partial charge on any atom is 0.404 e. The topological polar surface area (TPSA) is 95.8 Å². The van der Waals surface area contributed by atoms with Crippen molar-refractivity contribution in [2.24, 2.45) is 0 Å². The van der Waals surface area contributed by atoms with Gasteiger partial charge in [-0.1, -0.05) is 6.07 Å². The molecule has 0 saturated carbocycles. The van der Waals surface area contributed by atoms with Gasteiger partial charge < -0.3 is 9.90 Å². The number of halogens is 2. The second-order valence-electron chi connectivity index (χ2n) is 5.90. The molecule has 0 N–H and O–H groups in total. The first-order valence-corrected chi connectivity index (χ1v) is 9.10. The highest BCUT2D eigenvalue weighted by molar-refractivity contribution is 8.00. The lowest BCUT2D eigenvalue weighted by Gasteiger charge is -2.43. The summed E-state index contributed by atoms with van der Waals surface area (Å²) in [5.41, 5.74) is 1.08. The number of carboxylic acid groups (broad SMARTS) is 1. The van der Waals surface area contributed by atoms with Gasteiger partial charge >= 0.3 is 11.6 Å². The zero-order chi connectivity index (χ0) is 20.4. The van der Waals surface area contributed by atoms with Gasteiger partial charge in [0.25, 0.3) is 6.43 Å². The number of amides is 1. The Morgan fingerprint density at radius 2 is 2.07 bits per heavy atom. The molecule has 1 saturated heterocycles. The van der Waals surface area contributed by atoms with Crippen LogP contribution >= 0.6 is 11.8 Å². The number of pyridine rings is 1. The van der Waals surface area contributed by atoms with E-state index in [-0.39, 0.29) is 16.5 Å². The van der Waals surface area contributed by atoms with E-state index in [9.17, 15) is 18.4 Å². The van der Waals surface area contributed by atoms with Crippen LogP contribution in [0.15, 0.2) is 48.6 Å². The third kappa shape index (κ3) is 3.98. The normalized spacial score (nSPS) is 20.6. The first-order valence-electron chi connectivity index (χ1n) is 8.16. The molecule has 0 spiro atoms. The van der Waals surface area contributed by atoms with Crippen molar-refractivity contribution in [3.05, 3.63) is 48.6 Å². The highest BCUT2D eigenvalue weighted by Crippen LogP contribution is 2.40. The fourth-order valence-electron chi connectivity index (χ4n) is 2.72. The van der Waals surface area contributed by atoms with Crippen LogP contribution in [0.1, 0.15) is 13.3 Å². The van der Waals surface area contributed by atoms with E-state index in [4.69, 9.17) is 14.7 Å². The lowest BCUT2D eigenvalue weighted by molar-refractivity contribution is -0.511. The maximum absolute atomic E-state index is 12.5. The molecule has 148 valence electrons. The zero-order valence-corrected chi connectivity index (χ0v) is 15.3. The first-order chi connectivity index (χ1) is 13.3. The number of imidazole rings is 1. The molecule has 0 bridgehead atoms. The molecular weight excluding hydrogens is 396 g/mol. The average molecular weight is 411 g/mol. The molecule has 28 heavy (non-hydrogen) atoms. The summed E-state index contributed by atoms with van der Waals surface area (Å²) in [6, 6.07) is 5.61. The van der Waals surface area contributed by atoms with Crippen molar-refractivity contribution in [3.8, 4) is 0 Å². The summed E-state index contributed by atoms with van der Waals surface area (Å²) in [6.45, 7) is 2.01. The number of carboxylic acids is 1. The highest BCUT2D eigenvalue weighted by atomic mass is 32.2. The molecule has 0 aromatic carbocycles. The van der Waals surface area contributed by atoms with Gasteiger partial charge in [0.05, 0.1) is 18.0 Å². The lowest BCUT2D eigenvalue weighted by atomic mass is 10.1. The molecule has 2 aliphatic heterocycles. The largest absolute Gasteiger partial charge is 0.544 e. The highest BCUT2D eigenvalue weighted by Gasteiger charge is 2.45. The predicted octanol–water partition coefficient (Wildman–Crippen LogP) is -0.239. The van der Waals surface area contributed by atoms with Crippen LogP contribution in [0.25, 0.3) is 5.65 Å². The van der Waals surface area contributed by atoms with Crippen LogP contribution in [0.2, 0.25) is 0 Å². The van der Waals surface area contributed by atoms with Gasteiger partial charge in [-0.3, -0.25) is 14.5 Å². The van der Waals surface area contributed by atoms with Crippen molar-refractivity contribution >= 4 is 35.3 Å². The Balaban J connectivity index is 0.000000330. The number of hydrogen-bond donors (Lipinski definition) is 0. The van der Waals surface area contributed by atoms with Gasteiger partial charge in [-0.2, -0.15) is 4.40 Å². The first kappa shape index (κ1) is 19.8. The quantitative estimate of drug-likeness (QED) is 0.511. The van der Waals surface area contributed by atoms with E-state index in [1.807, 2.05) is 35.7 Å². The number of rotatable bonds is 3. The van der Waals surface area contributed by atoms with Gasteiger partial charge in [-0.15, -0.1) is 11.8 Å². The van der Waals surface area contributed by atoms with E-state index in [0.29, 0.717) is 12.1 Å². The minimum atomic E-state index is -3.34. The third-order valence-electron chi connectivity index (χ3n) is 3.95. The van der Waals surface area contributed by atoms with Gasteiger partial charge in [0.2, 0.25) is 5.91 Å². The Morgan fingerprint density at radius 3 is 2.71 bits per heavy atom. The van der Waals surface area contributed by atoms with E-state index in [1.54, 1.807) is 30.2 Å². The van der Waals surface area contributed by atoms with Crippen molar-refractivity contribution in [1.29, 1.82) is 0 Å². The van der Waals surface area contributed by atoms with Crippen LogP contribution in [-0.2, 0) is 14.4 Å². The van der Waals surface area contributed by atoms with E-state index in [2.05, 4.69) is 0 Å². The van der Waals surface area contributed by atoms with Crippen molar-refractivity contribution in [3.63, 3.8) is 0 Å². The van der Waals surface area contributed by atoms with Crippen LogP contribution in [0.3, 0.4) is 0 Å². The second kappa shape index (κ2) is 7.97. The molecule has 0 radical (unpaired) electrons. The SMILES string of the molecule is CC1C=C(C(=O)On2cc[n+]3ccccc23)N2C(=O)C[C@H]2S1.O=C([O-])C(F)F. The fraction of sp³-hybridized carbons (Fsp3) is 0.294. The van der Waals surface area contributed by atoms with E-state index < -0.39 is 18.4 Å². The Morgan fingerprint density at radius 1 is 1.36 bits per heavy atom. The number of hydrogen-bond acceptors (Lipinski definition) is 6. The summed E-state index contributed by atoms with van der Waals surface area (Å²) in [7, 11) is 0. The molecule has 1 amide bonds. The van der Waals surface area contributed by atoms with Gasteiger partial charge in [0.1, 0.15) is 17.9 Å². The third-order valence-corrected chi connectivity index (χ3v) is 5.21. The average Bonchev–Trinajstić information content (AvgIpc) is 3.04. The van der Waals surface area contributed by atoms with E-state index in [1.165, 1.54) is 9.63 Å². The van der Waals surface area contributed by atoms with Gasteiger partial charge in [0.15, 0.2) is 6.20 Å². The summed E-state index contributed by atoms with van der Waals surface area (Å²) >= 11 is 1.68. The summed E-state index contributed by atoms with van der Waals surface area (Å²) in [5.74, 6) is -2.86. The number of β-lactam (4-membered cyclic amide) rings is 1. The maximum atomic E-state index is 12.5. The Kier molecular flexibility index (Phi) is 5.63. The predicted molar refractivity (Wildman–Crippen MR) is 90.6 cm³/mol. The number of fused-ring (bicyclic) bond motifs is 2. The molecule has 1 unspecified atom stereocenters. The number of nitrogens with zero attached hydrogens (tertiary/aromatic N) is 3. The molecule has 2 aromatic rings. The van der Waals surface area contributed by atoms with Crippen LogP contribution in [-0.4, -0.2) is 44.5 Å². The van der Waals surface area contributed by atoms with Crippen molar-refractivity contribution in [2.45, 2.75) is 30.4 Å². The second-order valence-corrected chi connectivity index (χ2v) is 7.46. The number of alkyl halides is 2. The van der Waals surface area contributed by atoms with Gasteiger partial charge in [0, 0.05) is 11.3 Å². The number of thioether (sulfide) groups is 1. The zero-order valence-electron chi connectivity index (χ0n) is 14.5. The molecule has 2 aromatic heterocycles. The molecule has 4 heterocycles. The molecule has 2 atom stereocenters. The molecule has 2 aliphatic rings. The summed E-state index contributed by atoms with van der Waals surface area (Å²) in [4.78, 5) is 40.0. The summed E-state index contributed by atoms with van der Waals surface area (Å²) in [5, 5.41) is 9.09. The lowest BCUT2D eigenvalue weighted by Crippen LogP contribution is -2.54. The van der Waals surface area contributed by atoms with Crippen molar-refractivity contribution in [2.75, 3.05) is 0 Å². The number of carbonyl (C=O) groups is 3. The van der Waals surface area contributed by atoms with Crippen molar-refractivity contribution < 1.29 is 37.5 Å². The number of aliphatic carboxylic acids is 1. The summed E-state index contributed by atoms with van der Waals surface area (Å²) < 4.78 is 24.2. The van der Waals surface area contributed by atoms with Crippen LogP contribution in [0.5, 0.6) is 0 Å². The smallest absolute Gasteiger partial charge is 0.404 e. The molecular formula is C17H15F2N3O5S. The summed E-state index contributed by atoms with van der Waals surface area (Å²) in [6.07, 6.45) is 4.28. The Labute approximate surface area is 161 Å². The minimum Gasteiger partial charge on any atom is -0.544 e. The minimum absolute atomic E-state index is 0.0284.